The van der Waals surface area contributed by atoms with Crippen molar-refractivity contribution in [1.82, 2.24) is 15.2 Å². The number of aromatic nitrogens is 1. The molecule has 0 saturated carbocycles. The van der Waals surface area contributed by atoms with Crippen molar-refractivity contribution in [3.63, 3.8) is 0 Å². The number of anilines is 1. The third-order valence-corrected chi connectivity index (χ3v) is 6.06. The fourth-order valence-electron chi connectivity index (χ4n) is 3.76. The van der Waals surface area contributed by atoms with E-state index in [9.17, 15) is 9.59 Å². The number of benzene rings is 1. The number of morpholine rings is 1. The Morgan fingerprint density at radius 2 is 1.88 bits per heavy atom. The Morgan fingerprint density at radius 1 is 1.22 bits per heavy atom. The van der Waals surface area contributed by atoms with Gasteiger partial charge in [-0.1, -0.05) is 13.8 Å². The number of hydrogen-bond acceptors (Lipinski definition) is 7. The van der Waals surface area contributed by atoms with Gasteiger partial charge in [-0.3, -0.25) is 14.5 Å². The molecule has 32 heavy (non-hydrogen) atoms. The fourth-order valence-corrected chi connectivity index (χ4v) is 4.47. The Bertz CT molecular complexity index is 905. The molecule has 2 amide bonds. The normalized spacial score (nSPS) is 20.1. The van der Waals surface area contributed by atoms with Crippen LogP contribution in [0.4, 0.5) is 5.13 Å². The minimum Gasteiger partial charge on any atom is -0.497 e. The van der Waals surface area contributed by atoms with E-state index in [0.717, 1.165) is 18.8 Å². The van der Waals surface area contributed by atoms with Crippen LogP contribution in [0, 0.1) is 5.92 Å². The van der Waals surface area contributed by atoms with Crippen LogP contribution in [0.3, 0.4) is 0 Å². The topological polar surface area (TPSA) is 92.8 Å². The van der Waals surface area contributed by atoms with E-state index in [1.807, 2.05) is 19.2 Å². The van der Waals surface area contributed by atoms with Gasteiger partial charge in [-0.2, -0.15) is 0 Å². The zero-order valence-electron chi connectivity index (χ0n) is 19.3. The van der Waals surface area contributed by atoms with Gasteiger partial charge in [-0.25, -0.2) is 4.98 Å². The lowest BCUT2D eigenvalue weighted by Gasteiger charge is -2.34. The van der Waals surface area contributed by atoms with Gasteiger partial charge >= 0.3 is 0 Å². The molecule has 1 aliphatic heterocycles. The van der Waals surface area contributed by atoms with Crippen molar-refractivity contribution in [3.05, 3.63) is 40.9 Å². The number of carbonyl (C=O) groups excluding carboxylic acids is 2. The molecule has 2 heterocycles. The molecule has 0 radical (unpaired) electrons. The Kier molecular flexibility index (Phi) is 8.22. The van der Waals surface area contributed by atoms with E-state index in [0.29, 0.717) is 23.0 Å². The van der Waals surface area contributed by atoms with Crippen LogP contribution < -0.4 is 15.4 Å². The highest BCUT2D eigenvalue weighted by atomic mass is 32.1. The average Bonchev–Trinajstić information content (AvgIpc) is 3.17. The van der Waals surface area contributed by atoms with Gasteiger partial charge in [0.2, 0.25) is 5.91 Å². The number of nitrogens with one attached hydrogen (secondary N) is 2. The highest BCUT2D eigenvalue weighted by molar-refractivity contribution is 7.13. The number of rotatable bonds is 8. The molecule has 3 unspecified atom stereocenters. The number of amides is 2. The van der Waals surface area contributed by atoms with E-state index in [1.54, 1.807) is 31.4 Å². The SMILES string of the molecule is COc1ccc(C(=O)NC(C(=O)Nc2nc(CN3CC(C)OC(C)C3)cs2)C(C)C)cc1. The summed E-state index contributed by atoms with van der Waals surface area (Å²) in [7, 11) is 1.57. The number of hydrogen-bond donors (Lipinski definition) is 2. The minimum atomic E-state index is -0.683. The maximum Gasteiger partial charge on any atom is 0.251 e. The monoisotopic (exact) mass is 460 g/mol. The summed E-state index contributed by atoms with van der Waals surface area (Å²) in [6.07, 6.45) is 0.385. The van der Waals surface area contributed by atoms with E-state index in [4.69, 9.17) is 9.47 Å². The average molecular weight is 461 g/mol. The summed E-state index contributed by atoms with van der Waals surface area (Å²) in [6, 6.07) is 6.09. The van der Waals surface area contributed by atoms with Crippen molar-refractivity contribution in [2.24, 2.45) is 5.92 Å². The molecule has 174 valence electrons. The summed E-state index contributed by atoms with van der Waals surface area (Å²) in [6.45, 7) is 10.4. The molecule has 0 aliphatic carbocycles. The number of nitrogens with zero attached hydrogens (tertiary/aromatic N) is 2. The van der Waals surface area contributed by atoms with Gasteiger partial charge in [0.1, 0.15) is 11.8 Å². The smallest absolute Gasteiger partial charge is 0.251 e. The first kappa shape index (κ1) is 24.2. The van der Waals surface area contributed by atoms with E-state index < -0.39 is 6.04 Å². The molecule has 2 aromatic rings. The zero-order valence-corrected chi connectivity index (χ0v) is 20.1. The Balaban J connectivity index is 1.59. The van der Waals surface area contributed by atoms with Crippen molar-refractivity contribution in [1.29, 1.82) is 0 Å². The van der Waals surface area contributed by atoms with E-state index in [1.165, 1.54) is 11.3 Å². The first-order chi connectivity index (χ1) is 15.2. The van der Waals surface area contributed by atoms with Crippen LogP contribution >= 0.6 is 11.3 Å². The van der Waals surface area contributed by atoms with Crippen LogP contribution in [-0.2, 0) is 16.1 Å². The standard InChI is InChI=1S/C23H32N4O4S/c1-14(2)20(25-21(28)17-6-8-19(30-5)9-7-17)22(29)26-23-24-18(13-32-23)12-27-10-15(3)31-16(4)11-27/h6-9,13-16,20H,10-12H2,1-5H3,(H,25,28)(H,24,26,29). The van der Waals surface area contributed by atoms with Gasteiger partial charge in [0.05, 0.1) is 25.0 Å². The van der Waals surface area contributed by atoms with Gasteiger partial charge in [0, 0.05) is 30.6 Å². The van der Waals surface area contributed by atoms with Gasteiger partial charge in [0.15, 0.2) is 5.13 Å². The lowest BCUT2D eigenvalue weighted by Crippen LogP contribution is -2.47. The second-order valence-electron chi connectivity index (χ2n) is 8.51. The van der Waals surface area contributed by atoms with Crippen LogP contribution in [0.2, 0.25) is 0 Å². The second-order valence-corrected chi connectivity index (χ2v) is 9.37. The molecule has 3 rings (SSSR count). The molecular formula is C23H32N4O4S. The Hall–Kier alpha value is -2.49. The first-order valence-corrected chi connectivity index (χ1v) is 11.7. The summed E-state index contributed by atoms with van der Waals surface area (Å²) >= 11 is 1.39. The molecule has 2 N–H and O–H groups in total. The van der Waals surface area contributed by atoms with Gasteiger partial charge in [-0.15, -0.1) is 11.3 Å². The molecule has 0 bridgehead atoms. The molecule has 0 spiro atoms. The van der Waals surface area contributed by atoms with E-state index >= 15 is 0 Å². The van der Waals surface area contributed by atoms with Crippen molar-refractivity contribution in [3.8, 4) is 5.75 Å². The molecule has 1 saturated heterocycles. The lowest BCUT2D eigenvalue weighted by molar-refractivity contribution is -0.118. The second kappa shape index (κ2) is 10.9. The largest absolute Gasteiger partial charge is 0.497 e. The Labute approximate surface area is 193 Å². The first-order valence-electron chi connectivity index (χ1n) is 10.8. The molecular weight excluding hydrogens is 428 g/mol. The third-order valence-electron chi connectivity index (χ3n) is 5.25. The Morgan fingerprint density at radius 3 is 2.47 bits per heavy atom. The summed E-state index contributed by atoms with van der Waals surface area (Å²) in [4.78, 5) is 32.4. The molecule has 3 atom stereocenters. The quantitative estimate of drug-likeness (QED) is 0.629. The van der Waals surface area contributed by atoms with Crippen molar-refractivity contribution >= 4 is 28.3 Å². The summed E-state index contributed by atoms with van der Waals surface area (Å²) in [5.41, 5.74) is 1.38. The predicted octanol–water partition coefficient (Wildman–Crippen LogP) is 3.15. The van der Waals surface area contributed by atoms with Crippen LogP contribution in [0.15, 0.2) is 29.6 Å². The van der Waals surface area contributed by atoms with Gasteiger partial charge in [-0.05, 0) is 44.0 Å². The van der Waals surface area contributed by atoms with Crippen molar-refractivity contribution in [2.75, 3.05) is 25.5 Å². The number of carbonyl (C=O) groups is 2. The van der Waals surface area contributed by atoms with Crippen molar-refractivity contribution in [2.45, 2.75) is 52.5 Å². The fraction of sp³-hybridized carbons (Fsp3) is 0.522. The number of ether oxygens (including phenoxy) is 2. The predicted molar refractivity (Wildman–Crippen MR) is 125 cm³/mol. The number of thiazole rings is 1. The molecule has 1 aromatic heterocycles. The van der Waals surface area contributed by atoms with Crippen LogP contribution in [-0.4, -0.2) is 60.1 Å². The van der Waals surface area contributed by atoms with Crippen LogP contribution in [0.1, 0.15) is 43.7 Å². The highest BCUT2D eigenvalue weighted by Gasteiger charge is 2.26. The molecule has 1 aliphatic rings. The van der Waals surface area contributed by atoms with E-state index in [2.05, 4.69) is 34.4 Å². The summed E-state index contributed by atoms with van der Waals surface area (Å²) < 4.78 is 10.9. The third kappa shape index (κ3) is 6.51. The maximum absolute atomic E-state index is 12.9. The maximum atomic E-state index is 12.9. The van der Waals surface area contributed by atoms with Gasteiger partial charge < -0.3 is 20.1 Å². The summed E-state index contributed by atoms with van der Waals surface area (Å²) in [5, 5.41) is 8.19. The van der Waals surface area contributed by atoms with Gasteiger partial charge in [0.25, 0.3) is 5.91 Å². The molecule has 1 fully saturated rings. The van der Waals surface area contributed by atoms with Crippen molar-refractivity contribution < 1.29 is 19.1 Å². The molecule has 9 heteroatoms. The summed E-state index contributed by atoms with van der Waals surface area (Å²) in [5.74, 6) is -0.0125. The molecule has 8 nitrogen and oxygen atoms in total. The van der Waals surface area contributed by atoms with Crippen LogP contribution in [0.25, 0.3) is 0 Å². The van der Waals surface area contributed by atoms with E-state index in [-0.39, 0.29) is 29.9 Å². The minimum absolute atomic E-state index is 0.0899. The zero-order chi connectivity index (χ0) is 23.3. The lowest BCUT2D eigenvalue weighted by atomic mass is 10.0. The van der Waals surface area contributed by atoms with Crippen LogP contribution in [0.5, 0.6) is 5.75 Å². The molecule has 1 aromatic carbocycles. The highest BCUT2D eigenvalue weighted by Crippen LogP contribution is 2.20. The number of methoxy groups -OCH3 is 1.